The number of likely N-dealkylation sites (tertiary alicyclic amines) is 1. The highest BCUT2D eigenvalue weighted by Gasteiger charge is 2.35. The smallest absolute Gasteiger partial charge is 0.275 e. The lowest BCUT2D eigenvalue weighted by Gasteiger charge is -2.23. The van der Waals surface area contributed by atoms with Crippen molar-refractivity contribution in [2.45, 2.75) is 51.5 Å². The molecule has 5 rings (SSSR count). The SMILES string of the molecule is Cc1cc(=O)n2[nH]c([C@H]3CCCN3C(=O)c3n[nH]c4c3CCCC4)cc2n1. The van der Waals surface area contributed by atoms with Crippen molar-refractivity contribution >= 4 is 11.6 Å². The largest absolute Gasteiger partial charge is 0.329 e. The molecule has 4 heterocycles. The maximum Gasteiger partial charge on any atom is 0.275 e. The van der Waals surface area contributed by atoms with Gasteiger partial charge in [-0.2, -0.15) is 5.10 Å². The molecule has 2 aliphatic rings. The molecular weight excluding hydrogens is 344 g/mol. The molecule has 27 heavy (non-hydrogen) atoms. The Morgan fingerprint density at radius 3 is 2.96 bits per heavy atom. The Labute approximate surface area is 155 Å². The number of amides is 1. The van der Waals surface area contributed by atoms with E-state index >= 15 is 0 Å². The van der Waals surface area contributed by atoms with Gasteiger partial charge in [-0.15, -0.1) is 0 Å². The van der Waals surface area contributed by atoms with Crippen LogP contribution in [0.4, 0.5) is 0 Å². The highest BCUT2D eigenvalue weighted by atomic mass is 16.2. The molecule has 2 N–H and O–H groups in total. The molecule has 0 radical (unpaired) electrons. The number of fused-ring (bicyclic) bond motifs is 2. The molecular formula is C19H22N6O2. The predicted octanol–water partition coefficient (Wildman–Crippen LogP) is 1.91. The zero-order valence-corrected chi connectivity index (χ0v) is 15.3. The molecule has 1 amide bonds. The monoisotopic (exact) mass is 366 g/mol. The van der Waals surface area contributed by atoms with Crippen LogP contribution in [0.25, 0.3) is 5.65 Å². The lowest BCUT2D eigenvalue weighted by Crippen LogP contribution is -2.32. The van der Waals surface area contributed by atoms with Gasteiger partial charge >= 0.3 is 0 Å². The molecule has 1 aliphatic carbocycles. The van der Waals surface area contributed by atoms with E-state index in [1.807, 2.05) is 11.0 Å². The number of H-pyrrole nitrogens is 2. The van der Waals surface area contributed by atoms with Crippen LogP contribution in [0.1, 0.15) is 64.9 Å². The lowest BCUT2D eigenvalue weighted by molar-refractivity contribution is 0.0725. The fourth-order valence-electron chi connectivity index (χ4n) is 4.43. The first kappa shape index (κ1) is 16.3. The van der Waals surface area contributed by atoms with Crippen LogP contribution >= 0.6 is 0 Å². The Balaban J connectivity index is 1.50. The molecule has 8 nitrogen and oxygen atoms in total. The van der Waals surface area contributed by atoms with Gasteiger partial charge in [0.05, 0.1) is 11.7 Å². The van der Waals surface area contributed by atoms with Gasteiger partial charge in [0.15, 0.2) is 11.3 Å². The summed E-state index contributed by atoms with van der Waals surface area (Å²) in [6, 6.07) is 3.29. The molecule has 140 valence electrons. The number of hydrogen-bond donors (Lipinski definition) is 2. The molecule has 1 saturated heterocycles. The van der Waals surface area contributed by atoms with Crippen LogP contribution in [0.2, 0.25) is 0 Å². The average molecular weight is 366 g/mol. The Morgan fingerprint density at radius 2 is 2.07 bits per heavy atom. The molecule has 8 heteroatoms. The van der Waals surface area contributed by atoms with Crippen molar-refractivity contribution in [3.05, 3.63) is 50.8 Å². The number of carbonyl (C=O) groups excluding carboxylic acids is 1. The topological polar surface area (TPSA) is 99.1 Å². The standard InChI is InChI=1S/C19H22N6O2/c1-11-9-17(26)25-16(20-11)10-14(23-25)15-7-4-8-24(15)19(27)18-12-5-2-3-6-13(12)21-22-18/h9-10,15,23H,2-8H2,1H3,(H,21,22)/t15-/m1/s1. The van der Waals surface area contributed by atoms with Crippen molar-refractivity contribution < 1.29 is 4.79 Å². The van der Waals surface area contributed by atoms with E-state index in [4.69, 9.17) is 0 Å². The number of rotatable bonds is 2. The van der Waals surface area contributed by atoms with E-state index in [-0.39, 0.29) is 17.5 Å². The average Bonchev–Trinajstić information content (AvgIpc) is 3.38. The van der Waals surface area contributed by atoms with Crippen molar-refractivity contribution in [2.75, 3.05) is 6.54 Å². The molecule has 0 spiro atoms. The second kappa shape index (κ2) is 6.07. The zero-order chi connectivity index (χ0) is 18.5. The molecule has 0 aromatic carbocycles. The highest BCUT2D eigenvalue weighted by Crippen LogP contribution is 2.33. The summed E-state index contributed by atoms with van der Waals surface area (Å²) in [6.07, 6.45) is 5.92. The minimum atomic E-state index is -0.138. The van der Waals surface area contributed by atoms with Gasteiger partial charge < -0.3 is 4.90 Å². The van der Waals surface area contributed by atoms with Gasteiger partial charge in [0.2, 0.25) is 0 Å². The summed E-state index contributed by atoms with van der Waals surface area (Å²) in [5, 5.41) is 10.5. The quantitative estimate of drug-likeness (QED) is 0.724. The minimum absolute atomic E-state index is 0.0213. The molecule has 1 atom stereocenters. The minimum Gasteiger partial charge on any atom is -0.329 e. The third kappa shape index (κ3) is 2.58. The van der Waals surface area contributed by atoms with E-state index in [0.29, 0.717) is 23.6 Å². The molecule has 3 aromatic heterocycles. The zero-order valence-electron chi connectivity index (χ0n) is 15.3. The first-order chi connectivity index (χ1) is 13.1. The van der Waals surface area contributed by atoms with Gasteiger partial charge in [0.1, 0.15) is 0 Å². The van der Waals surface area contributed by atoms with Gasteiger partial charge in [0, 0.05) is 35.6 Å². The maximum absolute atomic E-state index is 13.2. The summed E-state index contributed by atoms with van der Waals surface area (Å²) in [7, 11) is 0. The molecule has 0 bridgehead atoms. The van der Waals surface area contributed by atoms with E-state index in [1.165, 1.54) is 10.6 Å². The second-order valence-corrected chi connectivity index (χ2v) is 7.53. The summed E-state index contributed by atoms with van der Waals surface area (Å²) in [5.74, 6) is -0.0213. The van der Waals surface area contributed by atoms with Crippen molar-refractivity contribution in [1.29, 1.82) is 0 Å². The van der Waals surface area contributed by atoms with Crippen LogP contribution in [0.3, 0.4) is 0 Å². The normalized spacial score (nSPS) is 19.6. The number of nitrogens with zero attached hydrogens (tertiary/aromatic N) is 4. The number of aryl methyl sites for hydroxylation is 2. The van der Waals surface area contributed by atoms with Crippen molar-refractivity contribution in [3.63, 3.8) is 0 Å². The Kier molecular flexibility index (Phi) is 3.66. The van der Waals surface area contributed by atoms with Crippen LogP contribution in [0, 0.1) is 6.92 Å². The van der Waals surface area contributed by atoms with Crippen molar-refractivity contribution in [1.82, 2.24) is 29.7 Å². The van der Waals surface area contributed by atoms with Gasteiger partial charge in [-0.05, 0) is 45.4 Å². The Hall–Kier alpha value is -2.90. The van der Waals surface area contributed by atoms with Crippen LogP contribution in [-0.4, -0.2) is 42.1 Å². The predicted molar refractivity (Wildman–Crippen MR) is 98.8 cm³/mol. The number of aromatic amines is 2. The molecule has 3 aromatic rings. The van der Waals surface area contributed by atoms with Crippen LogP contribution in [0.15, 0.2) is 16.9 Å². The fourth-order valence-corrected chi connectivity index (χ4v) is 4.43. The van der Waals surface area contributed by atoms with Crippen LogP contribution in [0.5, 0.6) is 0 Å². The Morgan fingerprint density at radius 1 is 1.22 bits per heavy atom. The van der Waals surface area contributed by atoms with E-state index in [0.717, 1.165) is 55.5 Å². The molecule has 0 unspecified atom stereocenters. The van der Waals surface area contributed by atoms with Crippen LogP contribution in [-0.2, 0) is 12.8 Å². The van der Waals surface area contributed by atoms with Gasteiger partial charge in [-0.1, -0.05) is 0 Å². The lowest BCUT2D eigenvalue weighted by atomic mass is 9.95. The summed E-state index contributed by atoms with van der Waals surface area (Å²) >= 11 is 0. The highest BCUT2D eigenvalue weighted by molar-refractivity contribution is 5.94. The van der Waals surface area contributed by atoms with E-state index < -0.39 is 0 Å². The third-order valence-electron chi connectivity index (χ3n) is 5.73. The summed E-state index contributed by atoms with van der Waals surface area (Å²) in [4.78, 5) is 31.7. The number of carbonyl (C=O) groups is 1. The maximum atomic E-state index is 13.2. The molecule has 1 fully saturated rings. The summed E-state index contributed by atoms with van der Waals surface area (Å²) < 4.78 is 1.44. The summed E-state index contributed by atoms with van der Waals surface area (Å²) in [6.45, 7) is 2.50. The van der Waals surface area contributed by atoms with Crippen molar-refractivity contribution in [3.8, 4) is 0 Å². The van der Waals surface area contributed by atoms with E-state index in [1.54, 1.807) is 6.92 Å². The van der Waals surface area contributed by atoms with Crippen LogP contribution < -0.4 is 5.56 Å². The van der Waals surface area contributed by atoms with E-state index in [2.05, 4.69) is 20.3 Å². The Bertz CT molecular complexity index is 1090. The molecule has 1 aliphatic heterocycles. The second-order valence-electron chi connectivity index (χ2n) is 7.53. The van der Waals surface area contributed by atoms with Gasteiger partial charge in [-0.25, -0.2) is 9.50 Å². The van der Waals surface area contributed by atoms with E-state index in [9.17, 15) is 9.59 Å². The number of aromatic nitrogens is 5. The number of hydrogen-bond acceptors (Lipinski definition) is 4. The van der Waals surface area contributed by atoms with Gasteiger partial charge in [-0.3, -0.25) is 19.8 Å². The van der Waals surface area contributed by atoms with Gasteiger partial charge in [0.25, 0.3) is 11.5 Å². The van der Waals surface area contributed by atoms with Crippen molar-refractivity contribution in [2.24, 2.45) is 0 Å². The number of nitrogens with one attached hydrogen (secondary N) is 2. The first-order valence-corrected chi connectivity index (χ1v) is 9.58. The summed E-state index contributed by atoms with van der Waals surface area (Å²) in [5.41, 5.74) is 4.75. The first-order valence-electron chi connectivity index (χ1n) is 9.58. The molecule has 0 saturated carbocycles. The fraction of sp³-hybridized carbons (Fsp3) is 0.474. The third-order valence-corrected chi connectivity index (χ3v) is 5.73.